The van der Waals surface area contributed by atoms with Crippen molar-refractivity contribution in [2.45, 2.75) is 40.7 Å². The van der Waals surface area contributed by atoms with Gasteiger partial charge in [-0.25, -0.2) is 0 Å². The van der Waals surface area contributed by atoms with Gasteiger partial charge in [0.2, 0.25) is 0 Å². The number of aryl methyl sites for hydroxylation is 2. The van der Waals surface area contributed by atoms with Crippen LogP contribution in [0, 0.1) is 27.7 Å². The van der Waals surface area contributed by atoms with E-state index in [0.717, 1.165) is 56.9 Å². The van der Waals surface area contributed by atoms with E-state index in [-0.39, 0.29) is 6.42 Å². The zero-order valence-electron chi connectivity index (χ0n) is 18.0. The summed E-state index contributed by atoms with van der Waals surface area (Å²) >= 11 is 1.67. The molecule has 0 fully saturated rings. The van der Waals surface area contributed by atoms with Crippen LogP contribution in [0.4, 0.5) is 5.69 Å². The standard InChI is InChI=1S/C25H26N2O2S/c1-14-6-8-18(9-7-14)22-17(4)23-24-19(10-15(2)12-26-24)13-27(30-5)25(23)16(3)20(22)11-21(28)29/h6-10,12H,11,13H2,1-5H3,(H,28,29). The summed E-state index contributed by atoms with van der Waals surface area (Å²) in [6.45, 7) is 9.04. The minimum atomic E-state index is -0.813. The van der Waals surface area contributed by atoms with Crippen molar-refractivity contribution >= 4 is 23.6 Å². The Kier molecular flexibility index (Phi) is 5.33. The van der Waals surface area contributed by atoms with Crippen molar-refractivity contribution in [3.63, 3.8) is 0 Å². The predicted octanol–water partition coefficient (Wildman–Crippen LogP) is 5.87. The van der Waals surface area contributed by atoms with E-state index in [1.807, 2.05) is 6.20 Å². The van der Waals surface area contributed by atoms with Crippen molar-refractivity contribution in [2.75, 3.05) is 10.6 Å². The minimum absolute atomic E-state index is 0.000429. The lowest BCUT2D eigenvalue weighted by Crippen LogP contribution is -2.23. The smallest absolute Gasteiger partial charge is 0.307 e. The summed E-state index contributed by atoms with van der Waals surface area (Å²) in [6.07, 6.45) is 3.99. The van der Waals surface area contributed by atoms with E-state index in [0.29, 0.717) is 0 Å². The Balaban J connectivity index is 2.11. The van der Waals surface area contributed by atoms with Gasteiger partial charge in [-0.15, -0.1) is 0 Å². The molecule has 2 aromatic carbocycles. The first kappa shape index (κ1) is 20.5. The van der Waals surface area contributed by atoms with Gasteiger partial charge in [0, 0.05) is 18.0 Å². The maximum absolute atomic E-state index is 11.8. The maximum atomic E-state index is 11.8. The highest BCUT2D eigenvalue weighted by Gasteiger charge is 2.31. The lowest BCUT2D eigenvalue weighted by Gasteiger charge is -2.35. The molecule has 0 spiro atoms. The Bertz CT molecular complexity index is 1150. The van der Waals surface area contributed by atoms with Crippen molar-refractivity contribution in [3.05, 3.63) is 69.9 Å². The third-order valence-corrected chi connectivity index (χ3v) is 6.64. The lowest BCUT2D eigenvalue weighted by molar-refractivity contribution is -0.136. The molecule has 5 heteroatoms. The van der Waals surface area contributed by atoms with Gasteiger partial charge in [0.05, 0.1) is 24.3 Å². The second-order valence-corrected chi connectivity index (χ2v) is 8.81. The molecule has 0 saturated carbocycles. The van der Waals surface area contributed by atoms with Crippen LogP contribution in [0.1, 0.15) is 33.4 Å². The molecule has 0 bridgehead atoms. The summed E-state index contributed by atoms with van der Waals surface area (Å²) in [6, 6.07) is 10.6. The molecule has 4 nitrogen and oxygen atoms in total. The fourth-order valence-electron chi connectivity index (χ4n) is 4.50. The van der Waals surface area contributed by atoms with E-state index in [2.05, 4.69) is 68.6 Å². The van der Waals surface area contributed by atoms with Crippen molar-refractivity contribution in [3.8, 4) is 22.4 Å². The van der Waals surface area contributed by atoms with Crippen molar-refractivity contribution in [1.29, 1.82) is 0 Å². The average Bonchev–Trinajstić information content (AvgIpc) is 2.71. The monoisotopic (exact) mass is 418 g/mol. The molecule has 0 atom stereocenters. The van der Waals surface area contributed by atoms with Crippen LogP contribution >= 0.6 is 11.9 Å². The van der Waals surface area contributed by atoms with Crippen molar-refractivity contribution in [1.82, 2.24) is 4.98 Å². The Labute approximate surface area is 182 Å². The fourth-order valence-corrected chi connectivity index (χ4v) is 5.18. The third-order valence-electron chi connectivity index (χ3n) is 5.89. The first-order chi connectivity index (χ1) is 14.3. The van der Waals surface area contributed by atoms with Crippen LogP contribution in [0.25, 0.3) is 22.4 Å². The van der Waals surface area contributed by atoms with E-state index in [4.69, 9.17) is 4.98 Å². The van der Waals surface area contributed by atoms with Gasteiger partial charge in [-0.2, -0.15) is 0 Å². The molecule has 4 rings (SSSR count). The molecule has 3 aromatic rings. The Morgan fingerprint density at radius 3 is 2.40 bits per heavy atom. The summed E-state index contributed by atoms with van der Waals surface area (Å²) in [7, 11) is 0. The van der Waals surface area contributed by atoms with Gasteiger partial charge in [-0.3, -0.25) is 9.78 Å². The number of carboxylic acids is 1. The molecule has 0 saturated heterocycles. The van der Waals surface area contributed by atoms with Crippen LogP contribution in [-0.4, -0.2) is 22.3 Å². The van der Waals surface area contributed by atoms with Crippen LogP contribution in [0.5, 0.6) is 0 Å². The van der Waals surface area contributed by atoms with Crippen molar-refractivity contribution in [2.24, 2.45) is 0 Å². The SMILES string of the molecule is CSN1Cc2cc(C)cnc2-c2c(C)c(-c3ccc(C)cc3)c(CC(=O)O)c(C)c21. The highest BCUT2D eigenvalue weighted by atomic mass is 32.2. The largest absolute Gasteiger partial charge is 0.481 e. The summed E-state index contributed by atoms with van der Waals surface area (Å²) in [4.78, 5) is 16.6. The number of rotatable bonds is 4. The molecule has 1 aliphatic heterocycles. The Hall–Kier alpha value is -2.79. The number of pyridine rings is 1. The zero-order valence-corrected chi connectivity index (χ0v) is 18.9. The zero-order chi connectivity index (χ0) is 21.6. The summed E-state index contributed by atoms with van der Waals surface area (Å²) < 4.78 is 2.27. The number of anilines is 1. The molecule has 1 aromatic heterocycles. The summed E-state index contributed by atoms with van der Waals surface area (Å²) in [5, 5.41) is 9.68. The molecule has 154 valence electrons. The second kappa shape index (κ2) is 7.80. The number of carboxylic acid groups (broad SMARTS) is 1. The van der Waals surface area contributed by atoms with Crippen molar-refractivity contribution < 1.29 is 9.90 Å². The highest BCUT2D eigenvalue weighted by Crippen LogP contribution is 2.49. The van der Waals surface area contributed by atoms with Gasteiger partial charge in [-0.1, -0.05) is 47.8 Å². The molecular formula is C25H26N2O2S. The van der Waals surface area contributed by atoms with E-state index < -0.39 is 5.97 Å². The van der Waals surface area contributed by atoms with Gasteiger partial charge >= 0.3 is 5.97 Å². The van der Waals surface area contributed by atoms with E-state index in [1.54, 1.807) is 11.9 Å². The second-order valence-electron chi connectivity index (χ2n) is 8.00. The van der Waals surface area contributed by atoms with Crippen LogP contribution in [0.2, 0.25) is 0 Å². The van der Waals surface area contributed by atoms with Crippen LogP contribution in [0.3, 0.4) is 0 Å². The number of fused-ring (bicyclic) bond motifs is 3. The lowest BCUT2D eigenvalue weighted by atomic mass is 9.82. The van der Waals surface area contributed by atoms with E-state index >= 15 is 0 Å². The van der Waals surface area contributed by atoms with E-state index in [1.165, 1.54) is 11.1 Å². The molecular weight excluding hydrogens is 392 g/mol. The molecule has 0 radical (unpaired) electrons. The minimum Gasteiger partial charge on any atom is -0.481 e. The number of aliphatic carboxylic acids is 1. The highest BCUT2D eigenvalue weighted by molar-refractivity contribution is 7.99. The van der Waals surface area contributed by atoms with Crippen LogP contribution in [-0.2, 0) is 17.8 Å². The van der Waals surface area contributed by atoms with E-state index in [9.17, 15) is 9.90 Å². The van der Waals surface area contributed by atoms with Crippen LogP contribution in [0.15, 0.2) is 36.5 Å². The topological polar surface area (TPSA) is 53.4 Å². The predicted molar refractivity (Wildman–Crippen MR) is 125 cm³/mol. The number of aromatic nitrogens is 1. The first-order valence-electron chi connectivity index (χ1n) is 10.0. The van der Waals surface area contributed by atoms with Gasteiger partial charge in [-0.05, 0) is 66.6 Å². The normalized spacial score (nSPS) is 12.5. The van der Waals surface area contributed by atoms with Gasteiger partial charge in [0.1, 0.15) is 0 Å². The molecule has 0 amide bonds. The van der Waals surface area contributed by atoms with Gasteiger partial charge in [0.15, 0.2) is 0 Å². The molecule has 30 heavy (non-hydrogen) atoms. The number of carbonyl (C=O) groups is 1. The fraction of sp³-hybridized carbons (Fsp3) is 0.280. The maximum Gasteiger partial charge on any atom is 0.307 e. The number of benzene rings is 2. The molecule has 0 aliphatic carbocycles. The summed E-state index contributed by atoms with van der Waals surface area (Å²) in [5.41, 5.74) is 11.8. The van der Waals surface area contributed by atoms with Crippen LogP contribution < -0.4 is 4.31 Å². The molecule has 1 N–H and O–H groups in total. The molecule has 1 aliphatic rings. The summed E-state index contributed by atoms with van der Waals surface area (Å²) in [5.74, 6) is -0.813. The first-order valence-corrected chi connectivity index (χ1v) is 11.2. The molecule has 0 unspecified atom stereocenters. The number of hydrogen-bond acceptors (Lipinski definition) is 4. The number of nitrogens with zero attached hydrogens (tertiary/aromatic N) is 2. The quantitative estimate of drug-likeness (QED) is 0.537. The number of hydrogen-bond donors (Lipinski definition) is 1. The Morgan fingerprint density at radius 1 is 1.07 bits per heavy atom. The Morgan fingerprint density at radius 2 is 1.77 bits per heavy atom. The van der Waals surface area contributed by atoms with Gasteiger partial charge < -0.3 is 9.41 Å². The molecule has 2 heterocycles. The average molecular weight is 419 g/mol. The third kappa shape index (κ3) is 3.37. The van der Waals surface area contributed by atoms with Gasteiger partial charge in [0.25, 0.3) is 0 Å².